The van der Waals surface area contributed by atoms with E-state index < -0.39 is 0 Å². The van der Waals surface area contributed by atoms with Crippen molar-refractivity contribution in [1.82, 2.24) is 10.1 Å². The van der Waals surface area contributed by atoms with Gasteiger partial charge in [-0.05, 0) is 30.0 Å². The first-order valence-corrected chi connectivity index (χ1v) is 7.25. The fourth-order valence-corrected chi connectivity index (χ4v) is 2.65. The van der Waals surface area contributed by atoms with Gasteiger partial charge in [-0.15, -0.1) is 0 Å². The summed E-state index contributed by atoms with van der Waals surface area (Å²) >= 11 is 5.87. The molecule has 1 aromatic heterocycles. The van der Waals surface area contributed by atoms with Gasteiger partial charge in [-0.25, -0.2) is 0 Å². The third kappa shape index (κ3) is 3.02. The van der Waals surface area contributed by atoms with Crippen molar-refractivity contribution in [2.45, 2.75) is 25.7 Å². The van der Waals surface area contributed by atoms with Crippen molar-refractivity contribution >= 4 is 11.6 Å². The van der Waals surface area contributed by atoms with Gasteiger partial charge >= 0.3 is 0 Å². The zero-order valence-corrected chi connectivity index (χ0v) is 12.1. The van der Waals surface area contributed by atoms with Crippen molar-refractivity contribution < 1.29 is 9.26 Å². The molecule has 20 heavy (non-hydrogen) atoms. The molecule has 0 spiro atoms. The molecule has 0 N–H and O–H groups in total. The molecule has 2 heterocycles. The SMILES string of the molecule is C[C@@H]1COCC[C@H]1c1nc(Cc2ccc(Cl)cc2)no1. The third-order valence-electron chi connectivity index (χ3n) is 3.72. The Hall–Kier alpha value is -1.39. The highest BCUT2D eigenvalue weighted by molar-refractivity contribution is 6.30. The standard InChI is InChI=1S/C15H17ClN2O2/c1-10-9-19-7-6-13(10)15-17-14(18-20-15)8-11-2-4-12(16)5-3-11/h2-5,10,13H,6-9H2,1H3/t10-,13-/m1/s1. The average Bonchev–Trinajstić information content (AvgIpc) is 2.90. The van der Waals surface area contributed by atoms with E-state index in [0.717, 1.165) is 41.9 Å². The first kappa shape index (κ1) is 13.6. The molecule has 0 radical (unpaired) electrons. The van der Waals surface area contributed by atoms with Crippen LogP contribution in [0, 0.1) is 5.92 Å². The Bertz CT molecular complexity index is 568. The van der Waals surface area contributed by atoms with Crippen molar-refractivity contribution in [1.29, 1.82) is 0 Å². The topological polar surface area (TPSA) is 48.2 Å². The van der Waals surface area contributed by atoms with Crippen molar-refractivity contribution in [2.75, 3.05) is 13.2 Å². The van der Waals surface area contributed by atoms with E-state index >= 15 is 0 Å². The number of rotatable bonds is 3. The van der Waals surface area contributed by atoms with Crippen LogP contribution >= 0.6 is 11.6 Å². The fourth-order valence-electron chi connectivity index (χ4n) is 2.52. The van der Waals surface area contributed by atoms with Crippen molar-refractivity contribution in [3.63, 3.8) is 0 Å². The maximum Gasteiger partial charge on any atom is 0.230 e. The van der Waals surface area contributed by atoms with Crippen LogP contribution in [0.3, 0.4) is 0 Å². The molecule has 0 bridgehead atoms. The molecule has 1 fully saturated rings. The van der Waals surface area contributed by atoms with E-state index in [1.165, 1.54) is 0 Å². The molecule has 106 valence electrons. The maximum absolute atomic E-state index is 5.87. The molecule has 5 heteroatoms. The van der Waals surface area contributed by atoms with Gasteiger partial charge in [0.25, 0.3) is 0 Å². The second kappa shape index (κ2) is 5.94. The fraction of sp³-hybridized carbons (Fsp3) is 0.467. The van der Waals surface area contributed by atoms with Crippen LogP contribution in [0.5, 0.6) is 0 Å². The second-order valence-electron chi connectivity index (χ2n) is 5.30. The van der Waals surface area contributed by atoms with E-state index in [-0.39, 0.29) is 0 Å². The average molecular weight is 293 g/mol. The lowest BCUT2D eigenvalue weighted by Crippen LogP contribution is -2.23. The highest BCUT2D eigenvalue weighted by Crippen LogP contribution is 2.30. The molecular weight excluding hydrogens is 276 g/mol. The van der Waals surface area contributed by atoms with Crippen LogP contribution in [-0.4, -0.2) is 23.4 Å². The Morgan fingerprint density at radius 3 is 2.85 bits per heavy atom. The lowest BCUT2D eigenvalue weighted by molar-refractivity contribution is 0.0392. The molecule has 1 aromatic carbocycles. The van der Waals surface area contributed by atoms with E-state index in [0.29, 0.717) is 18.3 Å². The smallest absolute Gasteiger partial charge is 0.230 e. The summed E-state index contributed by atoms with van der Waals surface area (Å²) in [6, 6.07) is 7.71. The zero-order valence-electron chi connectivity index (χ0n) is 11.4. The molecule has 1 aliphatic heterocycles. The van der Waals surface area contributed by atoms with Gasteiger partial charge in [0.2, 0.25) is 5.89 Å². The predicted molar refractivity (Wildman–Crippen MR) is 75.9 cm³/mol. The van der Waals surface area contributed by atoms with Gasteiger partial charge in [-0.1, -0.05) is 35.8 Å². The lowest BCUT2D eigenvalue weighted by Gasteiger charge is -2.25. The van der Waals surface area contributed by atoms with Gasteiger partial charge in [0.15, 0.2) is 5.82 Å². The minimum atomic E-state index is 0.315. The first-order valence-electron chi connectivity index (χ1n) is 6.87. The summed E-state index contributed by atoms with van der Waals surface area (Å²) in [5.41, 5.74) is 1.13. The monoisotopic (exact) mass is 292 g/mol. The number of hydrogen-bond acceptors (Lipinski definition) is 4. The number of hydrogen-bond donors (Lipinski definition) is 0. The maximum atomic E-state index is 5.87. The quantitative estimate of drug-likeness (QED) is 0.869. The number of nitrogens with zero attached hydrogens (tertiary/aromatic N) is 2. The number of ether oxygens (including phenoxy) is 1. The van der Waals surface area contributed by atoms with E-state index in [1.54, 1.807) is 0 Å². The molecule has 1 aliphatic rings. The Morgan fingerprint density at radius 1 is 1.30 bits per heavy atom. The van der Waals surface area contributed by atoms with E-state index in [1.807, 2.05) is 24.3 Å². The van der Waals surface area contributed by atoms with Crippen molar-refractivity contribution in [3.8, 4) is 0 Å². The molecule has 0 aliphatic carbocycles. The van der Waals surface area contributed by atoms with Crippen LogP contribution in [0.2, 0.25) is 5.02 Å². The molecular formula is C15H17ClN2O2. The van der Waals surface area contributed by atoms with Crippen LogP contribution < -0.4 is 0 Å². The molecule has 2 atom stereocenters. The zero-order chi connectivity index (χ0) is 13.9. The Morgan fingerprint density at radius 2 is 2.10 bits per heavy atom. The van der Waals surface area contributed by atoms with Crippen LogP contribution in [0.25, 0.3) is 0 Å². The molecule has 2 aromatic rings. The minimum Gasteiger partial charge on any atom is -0.381 e. The van der Waals surface area contributed by atoms with Crippen LogP contribution in [-0.2, 0) is 11.2 Å². The summed E-state index contributed by atoms with van der Waals surface area (Å²) in [5.74, 6) is 2.20. The Labute approximate surface area is 123 Å². The van der Waals surface area contributed by atoms with Gasteiger partial charge < -0.3 is 9.26 Å². The summed E-state index contributed by atoms with van der Waals surface area (Å²) in [6.07, 6.45) is 1.61. The van der Waals surface area contributed by atoms with Gasteiger partial charge in [0.05, 0.1) is 0 Å². The largest absolute Gasteiger partial charge is 0.381 e. The van der Waals surface area contributed by atoms with Gasteiger partial charge in [0, 0.05) is 30.6 Å². The van der Waals surface area contributed by atoms with Gasteiger partial charge in [-0.3, -0.25) is 0 Å². The molecule has 3 rings (SSSR count). The number of halogens is 1. The minimum absolute atomic E-state index is 0.315. The Balaban J connectivity index is 1.71. The van der Waals surface area contributed by atoms with E-state index in [9.17, 15) is 0 Å². The summed E-state index contributed by atoms with van der Waals surface area (Å²) in [4.78, 5) is 4.54. The van der Waals surface area contributed by atoms with Gasteiger partial charge in [-0.2, -0.15) is 4.98 Å². The van der Waals surface area contributed by atoms with Crippen LogP contribution in [0.15, 0.2) is 28.8 Å². The summed E-state index contributed by atoms with van der Waals surface area (Å²) in [6.45, 7) is 3.69. The summed E-state index contributed by atoms with van der Waals surface area (Å²) in [5, 5.41) is 4.82. The molecule has 0 amide bonds. The summed E-state index contributed by atoms with van der Waals surface area (Å²) < 4.78 is 10.9. The van der Waals surface area contributed by atoms with Gasteiger partial charge in [0.1, 0.15) is 0 Å². The normalized spacial score (nSPS) is 22.9. The van der Waals surface area contributed by atoms with Crippen LogP contribution in [0.1, 0.15) is 36.5 Å². The molecule has 0 unspecified atom stereocenters. The highest BCUT2D eigenvalue weighted by Gasteiger charge is 2.28. The predicted octanol–water partition coefficient (Wildman–Crippen LogP) is 3.45. The third-order valence-corrected chi connectivity index (χ3v) is 3.97. The molecule has 0 saturated carbocycles. The van der Waals surface area contributed by atoms with E-state index in [2.05, 4.69) is 17.1 Å². The lowest BCUT2D eigenvalue weighted by atomic mass is 9.90. The van der Waals surface area contributed by atoms with Crippen LogP contribution in [0.4, 0.5) is 0 Å². The first-order chi connectivity index (χ1) is 9.72. The summed E-state index contributed by atoms with van der Waals surface area (Å²) in [7, 11) is 0. The van der Waals surface area contributed by atoms with E-state index in [4.69, 9.17) is 20.9 Å². The number of benzene rings is 1. The highest BCUT2D eigenvalue weighted by atomic mass is 35.5. The van der Waals surface area contributed by atoms with Crippen molar-refractivity contribution in [2.24, 2.45) is 5.92 Å². The second-order valence-corrected chi connectivity index (χ2v) is 5.74. The van der Waals surface area contributed by atoms with Crippen molar-refractivity contribution in [3.05, 3.63) is 46.6 Å². The number of aromatic nitrogens is 2. The Kier molecular flexibility index (Phi) is 4.03. The molecule has 4 nitrogen and oxygen atoms in total. The molecule has 1 saturated heterocycles.